The highest BCUT2D eigenvalue weighted by Gasteiger charge is 2.14. The second-order valence-electron chi connectivity index (χ2n) is 8.03. The van der Waals surface area contributed by atoms with E-state index in [0.29, 0.717) is 17.2 Å². The molecule has 0 bridgehead atoms. The van der Waals surface area contributed by atoms with Gasteiger partial charge in [0.1, 0.15) is 5.82 Å². The first-order valence-corrected chi connectivity index (χ1v) is 10.4. The van der Waals surface area contributed by atoms with Gasteiger partial charge < -0.3 is 5.32 Å². The van der Waals surface area contributed by atoms with Crippen LogP contribution in [0.3, 0.4) is 0 Å². The highest BCUT2D eigenvalue weighted by Crippen LogP contribution is 2.26. The van der Waals surface area contributed by atoms with Crippen molar-refractivity contribution >= 4 is 34.4 Å². The average molecular weight is 441 g/mol. The van der Waals surface area contributed by atoms with Crippen LogP contribution >= 0.6 is 0 Å². The third kappa shape index (κ3) is 4.64. The monoisotopic (exact) mass is 441 g/mol. The molecule has 0 aliphatic carbocycles. The molecule has 1 amide bonds. The molecule has 1 N–H and O–H groups in total. The van der Waals surface area contributed by atoms with E-state index in [0.717, 1.165) is 27.7 Å². The molecular weight excluding hydrogens is 418 g/mol. The fraction of sp³-hybridized carbons (Fsp3) is 0.160. The van der Waals surface area contributed by atoms with E-state index >= 15 is 0 Å². The molecule has 0 saturated heterocycles. The smallest absolute Gasteiger partial charge is 0.270 e. The number of rotatable bonds is 5. The number of nitro groups is 1. The lowest BCUT2D eigenvalue weighted by Gasteiger charge is -2.12. The molecule has 4 aromatic rings. The summed E-state index contributed by atoms with van der Waals surface area (Å²) in [6.07, 6.45) is 2.86. The van der Waals surface area contributed by atoms with E-state index in [-0.39, 0.29) is 11.6 Å². The molecule has 0 saturated carbocycles. The third-order valence-electron chi connectivity index (χ3n) is 5.25. The molecule has 8 heteroatoms. The summed E-state index contributed by atoms with van der Waals surface area (Å²) in [6, 6.07) is 14.0. The SMILES string of the molecule is Cc1cc(C)c2nc(-n3nc(C)cc3NC(=O)/C=C/c3cccc([N+](=O)[O-])c3)cc(C)c2c1. The van der Waals surface area contributed by atoms with Crippen molar-refractivity contribution in [1.29, 1.82) is 0 Å². The number of aromatic nitrogens is 3. The second-order valence-corrected chi connectivity index (χ2v) is 8.03. The van der Waals surface area contributed by atoms with E-state index in [4.69, 9.17) is 4.98 Å². The molecular formula is C25H23N5O3. The van der Waals surface area contributed by atoms with Gasteiger partial charge in [0, 0.05) is 29.7 Å². The van der Waals surface area contributed by atoms with Gasteiger partial charge in [-0.2, -0.15) is 9.78 Å². The van der Waals surface area contributed by atoms with Gasteiger partial charge in [0.05, 0.1) is 16.1 Å². The third-order valence-corrected chi connectivity index (χ3v) is 5.25. The lowest BCUT2D eigenvalue weighted by molar-refractivity contribution is -0.384. The average Bonchev–Trinajstić information content (AvgIpc) is 3.13. The second kappa shape index (κ2) is 8.66. The predicted octanol–water partition coefficient (Wildman–Crippen LogP) is 5.21. The molecule has 2 aromatic heterocycles. The number of fused-ring (bicyclic) bond motifs is 1. The lowest BCUT2D eigenvalue weighted by atomic mass is 10.0. The number of hydrogen-bond acceptors (Lipinski definition) is 5. The van der Waals surface area contributed by atoms with Crippen molar-refractivity contribution in [2.24, 2.45) is 0 Å². The minimum absolute atomic E-state index is 0.0329. The summed E-state index contributed by atoms with van der Waals surface area (Å²) in [5.41, 5.74) is 5.47. The fourth-order valence-electron chi connectivity index (χ4n) is 3.78. The van der Waals surface area contributed by atoms with Crippen molar-refractivity contribution < 1.29 is 9.72 Å². The Bertz CT molecular complexity index is 1440. The summed E-state index contributed by atoms with van der Waals surface area (Å²) in [5.74, 6) is 0.710. The maximum absolute atomic E-state index is 12.6. The highest BCUT2D eigenvalue weighted by molar-refractivity contribution is 6.01. The molecule has 8 nitrogen and oxygen atoms in total. The highest BCUT2D eigenvalue weighted by atomic mass is 16.6. The number of aryl methyl sites for hydroxylation is 4. The normalized spacial score (nSPS) is 11.3. The quantitative estimate of drug-likeness (QED) is 0.260. The van der Waals surface area contributed by atoms with Crippen molar-refractivity contribution in [2.45, 2.75) is 27.7 Å². The van der Waals surface area contributed by atoms with Crippen LogP contribution in [0.2, 0.25) is 0 Å². The molecule has 0 fully saturated rings. The Labute approximate surface area is 190 Å². The van der Waals surface area contributed by atoms with Crippen LogP contribution in [0.15, 0.2) is 54.6 Å². The molecule has 2 aromatic carbocycles. The van der Waals surface area contributed by atoms with E-state index < -0.39 is 4.92 Å². The van der Waals surface area contributed by atoms with Gasteiger partial charge in [-0.05, 0) is 62.6 Å². The molecule has 166 valence electrons. The van der Waals surface area contributed by atoms with Gasteiger partial charge in [-0.25, -0.2) is 4.98 Å². The topological polar surface area (TPSA) is 103 Å². The van der Waals surface area contributed by atoms with Gasteiger partial charge in [-0.1, -0.05) is 23.8 Å². The van der Waals surface area contributed by atoms with Crippen LogP contribution in [-0.4, -0.2) is 25.6 Å². The molecule has 0 aliphatic rings. The number of pyridine rings is 1. The number of nitro benzene ring substituents is 1. The molecule has 0 unspecified atom stereocenters. The summed E-state index contributed by atoms with van der Waals surface area (Å²) >= 11 is 0. The van der Waals surface area contributed by atoms with Crippen molar-refractivity contribution in [3.8, 4) is 5.82 Å². The van der Waals surface area contributed by atoms with E-state index in [1.165, 1.54) is 29.8 Å². The van der Waals surface area contributed by atoms with Crippen LogP contribution < -0.4 is 5.32 Å². The van der Waals surface area contributed by atoms with Crippen LogP contribution in [0.4, 0.5) is 11.5 Å². The molecule has 0 radical (unpaired) electrons. The molecule has 2 heterocycles. The Balaban J connectivity index is 1.64. The van der Waals surface area contributed by atoms with E-state index in [1.54, 1.807) is 22.9 Å². The van der Waals surface area contributed by atoms with Crippen LogP contribution in [-0.2, 0) is 4.79 Å². The van der Waals surface area contributed by atoms with E-state index in [9.17, 15) is 14.9 Å². The summed E-state index contributed by atoms with van der Waals surface area (Å²) < 4.78 is 1.61. The zero-order valence-corrected chi connectivity index (χ0v) is 18.8. The van der Waals surface area contributed by atoms with Gasteiger partial charge in [-0.15, -0.1) is 0 Å². The van der Waals surface area contributed by atoms with Crippen molar-refractivity contribution in [2.75, 3.05) is 5.32 Å². The Morgan fingerprint density at radius 2 is 1.85 bits per heavy atom. The summed E-state index contributed by atoms with van der Waals surface area (Å²) in [5, 5.41) is 19.4. The number of carbonyl (C=O) groups is 1. The van der Waals surface area contributed by atoms with Gasteiger partial charge in [0.25, 0.3) is 5.69 Å². The Hall–Kier alpha value is -4.33. The minimum atomic E-state index is -0.472. The first-order chi connectivity index (χ1) is 15.7. The number of carbonyl (C=O) groups excluding carboxylic acids is 1. The summed E-state index contributed by atoms with van der Waals surface area (Å²) in [6.45, 7) is 7.96. The van der Waals surface area contributed by atoms with Gasteiger partial charge >= 0.3 is 0 Å². The van der Waals surface area contributed by atoms with Crippen LogP contribution in [0.5, 0.6) is 0 Å². The largest absolute Gasteiger partial charge is 0.307 e. The Kier molecular flexibility index (Phi) is 5.74. The standard InChI is InChI=1S/C25H23N5O3/c1-15-10-17(3)25-21(11-15)16(2)12-22(27-25)29-23(13-18(4)28-29)26-24(31)9-8-19-6-5-7-20(14-19)30(32)33/h5-14H,1-4H3,(H,26,31)/b9-8+. The van der Waals surface area contributed by atoms with Crippen molar-refractivity contribution in [3.63, 3.8) is 0 Å². The van der Waals surface area contributed by atoms with Crippen LogP contribution in [0.25, 0.3) is 22.8 Å². The van der Waals surface area contributed by atoms with Crippen LogP contribution in [0.1, 0.15) is 27.9 Å². The maximum Gasteiger partial charge on any atom is 0.270 e. The zero-order valence-electron chi connectivity index (χ0n) is 18.8. The summed E-state index contributed by atoms with van der Waals surface area (Å²) in [4.78, 5) is 27.9. The van der Waals surface area contributed by atoms with Crippen molar-refractivity contribution in [1.82, 2.24) is 14.8 Å². The Morgan fingerprint density at radius 1 is 1.06 bits per heavy atom. The predicted molar refractivity (Wildman–Crippen MR) is 129 cm³/mol. The minimum Gasteiger partial charge on any atom is -0.307 e. The number of nitrogens with one attached hydrogen (secondary N) is 1. The van der Waals surface area contributed by atoms with Gasteiger partial charge in [0.2, 0.25) is 5.91 Å². The van der Waals surface area contributed by atoms with Gasteiger partial charge in [0.15, 0.2) is 5.82 Å². The lowest BCUT2D eigenvalue weighted by Crippen LogP contribution is -2.13. The van der Waals surface area contributed by atoms with Gasteiger partial charge in [-0.3, -0.25) is 14.9 Å². The molecule has 4 rings (SSSR count). The molecule has 0 aliphatic heterocycles. The molecule has 0 spiro atoms. The summed E-state index contributed by atoms with van der Waals surface area (Å²) in [7, 11) is 0. The number of nitrogens with zero attached hydrogens (tertiary/aromatic N) is 4. The number of hydrogen-bond donors (Lipinski definition) is 1. The van der Waals surface area contributed by atoms with E-state index in [2.05, 4.69) is 29.5 Å². The fourth-order valence-corrected chi connectivity index (χ4v) is 3.78. The maximum atomic E-state index is 12.6. The first kappa shape index (κ1) is 21.9. The van der Waals surface area contributed by atoms with Crippen LogP contribution in [0, 0.1) is 37.8 Å². The number of anilines is 1. The zero-order chi connectivity index (χ0) is 23.7. The number of benzene rings is 2. The molecule has 0 atom stereocenters. The number of non-ortho nitro benzene ring substituents is 1. The number of amides is 1. The Morgan fingerprint density at radius 3 is 2.61 bits per heavy atom. The van der Waals surface area contributed by atoms with E-state index in [1.807, 2.05) is 26.8 Å². The molecule has 33 heavy (non-hydrogen) atoms. The first-order valence-electron chi connectivity index (χ1n) is 10.4. The van der Waals surface area contributed by atoms with Crippen molar-refractivity contribution in [3.05, 3.63) is 92.7 Å².